The SMILES string of the molecule is Cc1cccc(C)c1C(=O)NCc1ccccc1Br. The van der Waals surface area contributed by atoms with Crippen molar-refractivity contribution < 1.29 is 4.79 Å². The number of carbonyl (C=O) groups excluding carboxylic acids is 1. The quantitative estimate of drug-likeness (QED) is 0.911. The van der Waals surface area contributed by atoms with E-state index in [1.54, 1.807) is 0 Å². The van der Waals surface area contributed by atoms with Crippen LogP contribution in [0.2, 0.25) is 0 Å². The Morgan fingerprint density at radius 3 is 2.32 bits per heavy atom. The van der Waals surface area contributed by atoms with Crippen LogP contribution in [-0.2, 0) is 6.54 Å². The first kappa shape index (κ1) is 13.8. The molecule has 0 spiro atoms. The molecule has 0 bridgehead atoms. The van der Waals surface area contributed by atoms with E-state index in [1.165, 1.54) is 0 Å². The summed E-state index contributed by atoms with van der Waals surface area (Å²) in [6.07, 6.45) is 0. The molecule has 0 radical (unpaired) electrons. The number of aryl methyl sites for hydroxylation is 2. The molecule has 0 saturated heterocycles. The summed E-state index contributed by atoms with van der Waals surface area (Å²) in [6.45, 7) is 4.44. The number of carbonyl (C=O) groups is 1. The third-order valence-corrected chi connectivity index (χ3v) is 3.88. The van der Waals surface area contributed by atoms with Crippen LogP contribution >= 0.6 is 15.9 Å². The van der Waals surface area contributed by atoms with Crippen molar-refractivity contribution >= 4 is 21.8 Å². The molecule has 0 atom stereocenters. The highest BCUT2D eigenvalue weighted by molar-refractivity contribution is 9.10. The lowest BCUT2D eigenvalue weighted by molar-refractivity contribution is 0.0949. The lowest BCUT2D eigenvalue weighted by atomic mass is 10.0. The van der Waals surface area contributed by atoms with Gasteiger partial charge in [0.15, 0.2) is 0 Å². The summed E-state index contributed by atoms with van der Waals surface area (Å²) < 4.78 is 1.01. The Kier molecular flexibility index (Phi) is 4.38. The minimum absolute atomic E-state index is 0.0219. The Hall–Kier alpha value is -1.61. The Balaban J connectivity index is 2.13. The Labute approximate surface area is 122 Å². The molecule has 0 fully saturated rings. The van der Waals surface area contributed by atoms with E-state index in [2.05, 4.69) is 21.2 Å². The molecule has 2 aromatic carbocycles. The van der Waals surface area contributed by atoms with E-state index in [1.807, 2.05) is 56.3 Å². The standard InChI is InChI=1S/C16H16BrNO/c1-11-6-5-7-12(2)15(11)16(19)18-10-13-8-3-4-9-14(13)17/h3-9H,10H2,1-2H3,(H,18,19). The molecule has 2 aromatic rings. The van der Waals surface area contributed by atoms with Gasteiger partial charge in [-0.05, 0) is 36.6 Å². The van der Waals surface area contributed by atoms with Crippen molar-refractivity contribution in [2.45, 2.75) is 20.4 Å². The molecule has 0 heterocycles. The molecule has 0 aliphatic heterocycles. The summed E-state index contributed by atoms with van der Waals surface area (Å²) in [5, 5.41) is 2.97. The maximum Gasteiger partial charge on any atom is 0.252 e. The van der Waals surface area contributed by atoms with Gasteiger partial charge >= 0.3 is 0 Å². The summed E-state index contributed by atoms with van der Waals surface area (Å²) in [4.78, 5) is 12.2. The fourth-order valence-corrected chi connectivity index (χ4v) is 2.50. The molecular formula is C16H16BrNO. The lowest BCUT2D eigenvalue weighted by Crippen LogP contribution is -2.24. The highest BCUT2D eigenvalue weighted by Crippen LogP contribution is 2.17. The number of halogens is 1. The first-order valence-electron chi connectivity index (χ1n) is 6.17. The number of benzene rings is 2. The van der Waals surface area contributed by atoms with E-state index in [0.29, 0.717) is 6.54 Å². The van der Waals surface area contributed by atoms with Crippen molar-refractivity contribution in [3.63, 3.8) is 0 Å². The minimum Gasteiger partial charge on any atom is -0.348 e. The van der Waals surface area contributed by atoms with E-state index in [0.717, 1.165) is 26.7 Å². The molecule has 0 saturated carbocycles. The average Bonchev–Trinajstić information content (AvgIpc) is 2.37. The minimum atomic E-state index is -0.0219. The molecular weight excluding hydrogens is 302 g/mol. The number of hydrogen-bond donors (Lipinski definition) is 1. The Morgan fingerprint density at radius 1 is 1.05 bits per heavy atom. The molecule has 2 nitrogen and oxygen atoms in total. The lowest BCUT2D eigenvalue weighted by Gasteiger charge is -2.11. The zero-order chi connectivity index (χ0) is 13.8. The smallest absolute Gasteiger partial charge is 0.252 e. The maximum absolute atomic E-state index is 12.2. The fraction of sp³-hybridized carbons (Fsp3) is 0.188. The molecule has 0 aromatic heterocycles. The van der Waals surface area contributed by atoms with Crippen molar-refractivity contribution in [3.8, 4) is 0 Å². The van der Waals surface area contributed by atoms with Crippen LogP contribution in [0.5, 0.6) is 0 Å². The van der Waals surface area contributed by atoms with Gasteiger partial charge in [0.05, 0.1) is 0 Å². The second-order valence-electron chi connectivity index (χ2n) is 4.54. The second kappa shape index (κ2) is 6.02. The third kappa shape index (κ3) is 3.24. The van der Waals surface area contributed by atoms with Crippen LogP contribution in [0.25, 0.3) is 0 Å². The largest absolute Gasteiger partial charge is 0.348 e. The summed E-state index contributed by atoms with van der Waals surface area (Å²) in [5.41, 5.74) is 3.85. The molecule has 3 heteroatoms. The van der Waals surface area contributed by atoms with Crippen LogP contribution < -0.4 is 5.32 Å². The number of rotatable bonds is 3. The molecule has 19 heavy (non-hydrogen) atoms. The molecule has 1 N–H and O–H groups in total. The molecule has 0 aliphatic carbocycles. The van der Waals surface area contributed by atoms with Crippen molar-refractivity contribution in [3.05, 3.63) is 69.2 Å². The Bertz CT molecular complexity index is 587. The van der Waals surface area contributed by atoms with E-state index in [4.69, 9.17) is 0 Å². The molecule has 0 unspecified atom stereocenters. The predicted molar refractivity (Wildman–Crippen MR) is 81.2 cm³/mol. The monoisotopic (exact) mass is 317 g/mol. The van der Waals surface area contributed by atoms with Crippen LogP contribution in [0.4, 0.5) is 0 Å². The predicted octanol–water partition coefficient (Wildman–Crippen LogP) is 4.00. The summed E-state index contributed by atoms with van der Waals surface area (Å²) in [7, 11) is 0. The number of amides is 1. The Morgan fingerprint density at radius 2 is 1.68 bits per heavy atom. The van der Waals surface area contributed by atoms with Gasteiger partial charge in [0, 0.05) is 16.6 Å². The van der Waals surface area contributed by atoms with Crippen molar-refractivity contribution in [2.24, 2.45) is 0 Å². The molecule has 98 valence electrons. The van der Waals surface area contributed by atoms with Crippen LogP contribution in [-0.4, -0.2) is 5.91 Å². The summed E-state index contributed by atoms with van der Waals surface area (Å²) in [5.74, 6) is -0.0219. The average molecular weight is 318 g/mol. The van der Waals surface area contributed by atoms with Gasteiger partial charge in [-0.1, -0.05) is 52.3 Å². The highest BCUT2D eigenvalue weighted by atomic mass is 79.9. The van der Waals surface area contributed by atoms with Crippen molar-refractivity contribution in [2.75, 3.05) is 0 Å². The van der Waals surface area contributed by atoms with Gasteiger partial charge in [0.2, 0.25) is 0 Å². The van der Waals surface area contributed by atoms with Gasteiger partial charge < -0.3 is 5.32 Å². The molecule has 0 aliphatic rings. The van der Waals surface area contributed by atoms with Gasteiger partial charge in [-0.25, -0.2) is 0 Å². The fourth-order valence-electron chi connectivity index (χ4n) is 2.08. The first-order valence-corrected chi connectivity index (χ1v) is 6.96. The summed E-state index contributed by atoms with van der Waals surface area (Å²) in [6, 6.07) is 13.8. The molecule has 1 amide bonds. The van der Waals surface area contributed by atoms with Crippen LogP contribution in [0.1, 0.15) is 27.0 Å². The van der Waals surface area contributed by atoms with E-state index < -0.39 is 0 Å². The van der Waals surface area contributed by atoms with E-state index in [9.17, 15) is 4.79 Å². The third-order valence-electron chi connectivity index (χ3n) is 3.11. The normalized spacial score (nSPS) is 10.3. The maximum atomic E-state index is 12.2. The van der Waals surface area contributed by atoms with E-state index >= 15 is 0 Å². The number of hydrogen-bond acceptors (Lipinski definition) is 1. The second-order valence-corrected chi connectivity index (χ2v) is 5.40. The number of nitrogens with one attached hydrogen (secondary N) is 1. The van der Waals surface area contributed by atoms with Crippen LogP contribution in [0.15, 0.2) is 46.9 Å². The van der Waals surface area contributed by atoms with Crippen LogP contribution in [0.3, 0.4) is 0 Å². The van der Waals surface area contributed by atoms with Gasteiger partial charge in [0.1, 0.15) is 0 Å². The highest BCUT2D eigenvalue weighted by Gasteiger charge is 2.11. The van der Waals surface area contributed by atoms with E-state index in [-0.39, 0.29) is 5.91 Å². The summed E-state index contributed by atoms with van der Waals surface area (Å²) >= 11 is 3.48. The van der Waals surface area contributed by atoms with Gasteiger partial charge in [-0.3, -0.25) is 4.79 Å². The van der Waals surface area contributed by atoms with Crippen molar-refractivity contribution in [1.29, 1.82) is 0 Å². The van der Waals surface area contributed by atoms with Crippen LogP contribution in [0, 0.1) is 13.8 Å². The van der Waals surface area contributed by atoms with Gasteiger partial charge in [0.25, 0.3) is 5.91 Å². The van der Waals surface area contributed by atoms with Crippen molar-refractivity contribution in [1.82, 2.24) is 5.32 Å². The van der Waals surface area contributed by atoms with Gasteiger partial charge in [-0.2, -0.15) is 0 Å². The first-order chi connectivity index (χ1) is 9.09. The topological polar surface area (TPSA) is 29.1 Å². The molecule has 2 rings (SSSR count). The van der Waals surface area contributed by atoms with Gasteiger partial charge in [-0.15, -0.1) is 0 Å². The zero-order valence-corrected chi connectivity index (χ0v) is 12.6. The zero-order valence-electron chi connectivity index (χ0n) is 11.0.